The lowest BCUT2D eigenvalue weighted by atomic mass is 10.0. The Hall–Kier alpha value is -12.5. The molecule has 0 aliphatic carbocycles. The predicted molar refractivity (Wildman–Crippen MR) is 559 cm³/mol. The van der Waals surface area contributed by atoms with Crippen LogP contribution in [0.4, 0.5) is 73.9 Å². The molecule has 16 aromatic carbocycles. The third-order valence-corrected chi connectivity index (χ3v) is 25.2. The maximum absolute atomic E-state index is 12.8. The molecule has 0 aliphatic heterocycles. The zero-order valence-electron chi connectivity index (χ0n) is 78.2. The summed E-state index contributed by atoms with van der Waals surface area (Å²) in [5.74, 6) is 0.249. The van der Waals surface area contributed by atoms with Gasteiger partial charge in [0, 0.05) is 99.4 Å². The van der Waals surface area contributed by atoms with Crippen LogP contribution in [-0.2, 0) is 57.0 Å². The minimum absolute atomic E-state index is 0. The molecule has 136 heavy (non-hydrogen) atoms. The molecule has 16 rings (SSSR count). The van der Waals surface area contributed by atoms with Gasteiger partial charge in [-0.1, -0.05) is 262 Å². The first-order chi connectivity index (χ1) is 64.8. The van der Waals surface area contributed by atoms with Crippen LogP contribution in [0.2, 0.25) is 0 Å². The van der Waals surface area contributed by atoms with Crippen molar-refractivity contribution in [3.05, 3.63) is 468 Å². The van der Waals surface area contributed by atoms with Gasteiger partial charge in [0.25, 0.3) is 0 Å². The minimum Gasteiger partial charge on any atom is -1.00 e. The first kappa shape index (κ1) is 106. The van der Waals surface area contributed by atoms with Crippen LogP contribution in [-0.4, -0.2) is 116 Å². The molecule has 16 aromatic rings. The number of quaternary nitrogens is 4. The minimum atomic E-state index is -4.25. The maximum atomic E-state index is 12.8. The van der Waals surface area contributed by atoms with Gasteiger partial charge in [-0.2, -0.15) is 8.42 Å². The van der Waals surface area contributed by atoms with Crippen molar-refractivity contribution in [3.63, 3.8) is 0 Å². The molecule has 0 radical (unpaired) electrons. The van der Waals surface area contributed by atoms with Gasteiger partial charge in [0.2, 0.25) is 0 Å². The molecule has 0 fully saturated rings. The lowest BCUT2D eigenvalue weighted by Crippen LogP contribution is -3.02. The lowest BCUT2D eigenvalue weighted by molar-refractivity contribution is -0.936. The molecule has 1 atom stereocenters. The van der Waals surface area contributed by atoms with E-state index in [1.807, 2.05) is 36.4 Å². The third-order valence-electron chi connectivity index (χ3n) is 22.1. The number of benzene rings is 16. The number of para-hydroxylation sites is 5. The van der Waals surface area contributed by atoms with Crippen LogP contribution in [0.25, 0.3) is 11.1 Å². The quantitative estimate of drug-likeness (QED) is 0.0204. The summed E-state index contributed by atoms with van der Waals surface area (Å²) in [4.78, 5) is 10.3. The van der Waals surface area contributed by atoms with Crippen LogP contribution >= 0.6 is 31.9 Å². The lowest BCUT2D eigenvalue weighted by Gasteiger charge is -2.36. The molecular formula is C113H117Br2IN8O9S3+2. The normalized spacial score (nSPS) is 11.3. The van der Waals surface area contributed by atoms with E-state index >= 15 is 0 Å². The average molecular weight is 2110 g/mol. The van der Waals surface area contributed by atoms with Gasteiger partial charge in [-0.15, -0.1) is 12.6 Å². The Labute approximate surface area is 840 Å². The van der Waals surface area contributed by atoms with Crippen molar-refractivity contribution in [3.8, 4) is 16.9 Å². The molecule has 0 heterocycles. The fourth-order valence-corrected chi connectivity index (χ4v) is 17.7. The van der Waals surface area contributed by atoms with Crippen molar-refractivity contribution in [1.29, 1.82) is 0 Å². The van der Waals surface area contributed by atoms with Crippen molar-refractivity contribution in [2.24, 2.45) is 0 Å². The van der Waals surface area contributed by atoms with Gasteiger partial charge in [-0.25, -0.2) is 8.42 Å². The molecular weight excluding hydrogens is 2000 g/mol. The van der Waals surface area contributed by atoms with Crippen molar-refractivity contribution < 1.29 is 80.5 Å². The van der Waals surface area contributed by atoms with E-state index < -0.39 is 30.8 Å². The molecule has 0 amide bonds. The Kier molecular flexibility index (Phi) is 40.0. The Balaban J connectivity index is 0.000000183. The van der Waals surface area contributed by atoms with E-state index in [4.69, 9.17) is 16.8 Å². The topological polar surface area (TPSA) is 169 Å². The molecule has 1 N–H and O–H groups in total. The van der Waals surface area contributed by atoms with Gasteiger partial charge >= 0.3 is 20.7 Å². The van der Waals surface area contributed by atoms with Crippen molar-refractivity contribution >= 4 is 137 Å². The monoisotopic (exact) mass is 2110 g/mol. The highest BCUT2D eigenvalue weighted by molar-refractivity contribution is 9.10. The summed E-state index contributed by atoms with van der Waals surface area (Å²) in [6.07, 6.45) is 0. The summed E-state index contributed by atoms with van der Waals surface area (Å²) in [6.45, 7) is 14.4. The fraction of sp³-hybridized carbons (Fsp3) is 0.150. The van der Waals surface area contributed by atoms with E-state index in [-0.39, 0.29) is 39.5 Å². The van der Waals surface area contributed by atoms with Gasteiger partial charge < -0.3 is 70.7 Å². The smallest absolute Gasteiger partial charge is 0.425 e. The largest absolute Gasteiger partial charge is 1.00 e. The first-order valence-electron chi connectivity index (χ1n) is 44.5. The summed E-state index contributed by atoms with van der Waals surface area (Å²) in [7, 11) is 4.18. The Bertz CT molecular complexity index is 6570. The summed E-state index contributed by atoms with van der Waals surface area (Å²) in [5, 5.41) is 0. The highest BCUT2D eigenvalue weighted by atomic mass is 127. The Morgan fingerprint density at radius 2 is 0.581 bits per heavy atom. The average Bonchev–Trinajstić information content (AvgIpc) is 0.785. The number of hydrogen-bond acceptors (Lipinski definition) is 13. The number of anilines is 12. The molecule has 17 nitrogen and oxygen atoms in total. The molecule has 1 unspecified atom stereocenters. The second-order valence-electron chi connectivity index (χ2n) is 34.2. The maximum Gasteiger partial charge on any atom is 0.425 e. The summed E-state index contributed by atoms with van der Waals surface area (Å²) in [5.41, 5.74) is 22.2. The number of hydrogen-bond donors (Lipinski definition) is 1. The molecule has 0 saturated heterocycles. The van der Waals surface area contributed by atoms with E-state index in [9.17, 15) is 21.4 Å². The highest BCUT2D eigenvalue weighted by Crippen LogP contribution is 2.42. The van der Waals surface area contributed by atoms with Crippen LogP contribution in [0.15, 0.2) is 456 Å². The summed E-state index contributed by atoms with van der Waals surface area (Å²) in [6, 6.07) is 146. The second kappa shape index (κ2) is 51.5. The number of rotatable bonds is 29. The van der Waals surface area contributed by atoms with Crippen LogP contribution in [0.5, 0.6) is 5.75 Å². The molecule has 700 valence electrons. The van der Waals surface area contributed by atoms with Crippen LogP contribution in [0.3, 0.4) is 0 Å². The third kappa shape index (κ3) is 32.7. The SMILES string of the molecule is CC[N+](CC)(CC)Cc1ccc(N(c2ccccc2)c2ccccc2)cc1.C[N+](C)(C)Cc1cccc(N(c2cccc(Br)c2)c2cccc(Br)c2)c1.C[N+](C)(C)Cc1cccc(N(c2ccccc2)c2ccccc2)c1.C[NH+](Cc1ccc(N(c2ccc(OS(=O)(=O)c3ccccc3)cc2)c2ccc(-c3ccccc3)cc2)cc1)c1ccccc1.O=S(=O)([O-])c1ccccc1.O=S(=O)=O.[I-]. The second-order valence-corrected chi connectivity index (χ2v) is 39.4. The Morgan fingerprint density at radius 1 is 0.309 bits per heavy atom. The fourth-order valence-electron chi connectivity index (χ4n) is 15.5. The summed E-state index contributed by atoms with van der Waals surface area (Å²) >= 11 is 7.21. The zero-order chi connectivity index (χ0) is 96.4. The van der Waals surface area contributed by atoms with E-state index in [0.717, 1.165) is 93.8 Å². The number of halogens is 3. The molecule has 0 aromatic heterocycles. The van der Waals surface area contributed by atoms with Gasteiger partial charge in [0.05, 0.1) is 73.9 Å². The molecule has 0 saturated carbocycles. The van der Waals surface area contributed by atoms with Crippen molar-refractivity contribution in [2.75, 3.05) is 88.6 Å². The van der Waals surface area contributed by atoms with E-state index in [1.165, 1.54) is 123 Å². The molecule has 0 aliphatic rings. The first-order valence-corrected chi connectivity index (χ1v) is 49.9. The van der Waals surface area contributed by atoms with Gasteiger partial charge in [0.15, 0.2) is 0 Å². The van der Waals surface area contributed by atoms with Crippen LogP contribution < -0.4 is 52.7 Å². The van der Waals surface area contributed by atoms with Crippen molar-refractivity contribution in [2.45, 2.75) is 56.7 Å². The number of nitrogens with one attached hydrogen (secondary N) is 1. The van der Waals surface area contributed by atoms with Gasteiger partial charge in [-0.3, -0.25) is 0 Å². The van der Waals surface area contributed by atoms with E-state index in [1.54, 1.807) is 36.4 Å². The van der Waals surface area contributed by atoms with Crippen LogP contribution in [0, 0.1) is 0 Å². The van der Waals surface area contributed by atoms with Crippen LogP contribution in [0.1, 0.15) is 43.0 Å². The molecule has 0 bridgehead atoms. The van der Waals surface area contributed by atoms with Gasteiger partial charge in [-0.05, 0) is 238 Å². The zero-order valence-corrected chi connectivity index (χ0v) is 86.0. The predicted octanol–water partition coefficient (Wildman–Crippen LogP) is 23.3. The Morgan fingerprint density at radius 3 is 0.919 bits per heavy atom. The standard InChI is InChI=1S/C38H32N2O3S.C25H31N2.C22H23Br2N2.C22H25N2.C6H6O3S.HI.O3S/c1-39(33-13-7-3-8-14-33)29-30-17-21-34(22-18-30)40(35-23-19-32(20-24-35)31-11-5-2-6-12-31)36-25-27-37(28-26-36)43-44(41,42)38-15-9-4-10-16-38;1-4-27(5-2,6-3)21-22-17-19-25(20-18-22)26(23-13-9-7-10-14-23)24-15-11-8-12-16-24;1-26(2,3)16-17-7-4-10-20(13-17)25(21-11-5-8-18(23)14-21)22-12-6-9-19(24)15-22;1-24(2,3)18-19-11-10-16-22(17-19)23(20-12-6-4-7-13-20)21-14-8-5-9-15-21;7-10(8,9)6-4-2-1-3-5-6;;1-4(2)3/h2-28H,29H2,1H3;7-20H,4-6,21H2,1-3H3;4-15H,16H2,1-3H3;4-17H,18H2,1-3H3;1-5H,(H,7,8,9);1H;/q;3*+1;;;/p-1. The van der Waals surface area contributed by atoms with Gasteiger partial charge in [0.1, 0.15) is 52.6 Å². The van der Waals surface area contributed by atoms with E-state index in [0.29, 0.717) is 0 Å². The van der Waals surface area contributed by atoms with Crippen molar-refractivity contribution in [1.82, 2.24) is 0 Å². The van der Waals surface area contributed by atoms with E-state index in [2.05, 4.69) is 449 Å². The molecule has 23 heteroatoms. The molecule has 0 spiro atoms. The summed E-state index contributed by atoms with van der Waals surface area (Å²) < 4.78 is 92.2. The number of nitrogens with zero attached hydrogens (tertiary/aromatic N) is 7. The highest BCUT2D eigenvalue weighted by Gasteiger charge is 2.25.